The highest BCUT2D eigenvalue weighted by molar-refractivity contribution is 5.80. The van der Waals surface area contributed by atoms with Gasteiger partial charge in [-0.2, -0.15) is 13.2 Å². The van der Waals surface area contributed by atoms with E-state index in [1.807, 2.05) is 0 Å². The first-order valence-electron chi connectivity index (χ1n) is 4.77. The van der Waals surface area contributed by atoms with Crippen LogP contribution in [-0.2, 0) is 11.0 Å². The molecule has 0 fully saturated rings. The number of hydrogen-bond donors (Lipinski definition) is 2. The van der Waals surface area contributed by atoms with Crippen LogP contribution >= 0.6 is 0 Å². The molecule has 0 amide bonds. The molecule has 0 bridgehead atoms. The van der Waals surface area contributed by atoms with E-state index in [4.69, 9.17) is 0 Å². The van der Waals surface area contributed by atoms with E-state index >= 15 is 0 Å². The van der Waals surface area contributed by atoms with E-state index in [0.29, 0.717) is 0 Å². The lowest BCUT2D eigenvalue weighted by molar-refractivity contribution is -0.137. The summed E-state index contributed by atoms with van der Waals surface area (Å²) in [6.45, 7) is 1.08. The average Bonchev–Trinajstić information content (AvgIpc) is 2.26. The van der Waals surface area contributed by atoms with E-state index in [1.165, 1.54) is 0 Å². The van der Waals surface area contributed by atoms with Crippen molar-refractivity contribution in [3.05, 3.63) is 35.4 Å². The highest BCUT2D eigenvalue weighted by atomic mass is 19.4. The molecule has 17 heavy (non-hydrogen) atoms. The Morgan fingerprint density at radius 3 is 2.00 bits per heavy atom. The molecule has 3 nitrogen and oxygen atoms in total. The molecule has 0 spiro atoms. The van der Waals surface area contributed by atoms with Crippen molar-refractivity contribution in [3.8, 4) is 0 Å². The van der Waals surface area contributed by atoms with E-state index in [-0.39, 0.29) is 5.56 Å². The number of carbonyl (C=O) groups is 1. The van der Waals surface area contributed by atoms with Crippen LogP contribution in [0, 0.1) is 0 Å². The first kappa shape index (κ1) is 13.7. The van der Waals surface area contributed by atoms with Crippen LogP contribution in [0.1, 0.15) is 24.2 Å². The van der Waals surface area contributed by atoms with Gasteiger partial charge in [0.1, 0.15) is 12.2 Å². The van der Waals surface area contributed by atoms with Gasteiger partial charge >= 0.3 is 6.18 Å². The van der Waals surface area contributed by atoms with Crippen LogP contribution in [0.3, 0.4) is 0 Å². The number of hydrogen-bond acceptors (Lipinski definition) is 3. The molecular weight excluding hydrogens is 237 g/mol. The molecule has 1 aromatic carbocycles. The first-order chi connectivity index (χ1) is 7.73. The van der Waals surface area contributed by atoms with Crippen molar-refractivity contribution >= 4 is 5.78 Å². The Morgan fingerprint density at radius 2 is 1.65 bits per heavy atom. The van der Waals surface area contributed by atoms with Crippen LogP contribution in [0.5, 0.6) is 0 Å². The number of benzene rings is 1. The summed E-state index contributed by atoms with van der Waals surface area (Å²) in [6, 6.07) is 3.62. The molecule has 94 valence electrons. The summed E-state index contributed by atoms with van der Waals surface area (Å²) in [5.74, 6) is -0.655. The third kappa shape index (κ3) is 3.28. The summed E-state index contributed by atoms with van der Waals surface area (Å²) in [5.41, 5.74) is -0.800. The van der Waals surface area contributed by atoms with Gasteiger partial charge in [0.05, 0.1) is 5.56 Å². The van der Waals surface area contributed by atoms with Crippen LogP contribution in [0.2, 0.25) is 0 Å². The maximum Gasteiger partial charge on any atom is 0.416 e. The lowest BCUT2D eigenvalue weighted by Gasteiger charge is -2.16. The standard InChI is InChI=1S/C11H11F3O3/c1-6(15)9(16)10(17)7-2-4-8(5-3-7)11(12,13)14/h2-5,9-10,16-17H,1H3/t9-,10+/m1/s1. The highest BCUT2D eigenvalue weighted by Gasteiger charge is 2.30. The van der Waals surface area contributed by atoms with Gasteiger partial charge in [-0.25, -0.2) is 0 Å². The topological polar surface area (TPSA) is 57.5 Å². The van der Waals surface area contributed by atoms with Gasteiger partial charge in [-0.05, 0) is 24.6 Å². The molecule has 1 aromatic rings. The number of halogens is 3. The van der Waals surface area contributed by atoms with Crippen LogP contribution in [-0.4, -0.2) is 22.1 Å². The summed E-state index contributed by atoms with van der Waals surface area (Å²) in [4.78, 5) is 10.8. The van der Waals surface area contributed by atoms with E-state index < -0.39 is 29.7 Å². The SMILES string of the molecule is CC(=O)[C@@H](O)[C@@H](O)c1ccc(C(F)(F)F)cc1. The van der Waals surface area contributed by atoms with Crippen molar-refractivity contribution in [1.82, 2.24) is 0 Å². The van der Waals surface area contributed by atoms with Gasteiger partial charge in [0, 0.05) is 0 Å². The van der Waals surface area contributed by atoms with Crippen molar-refractivity contribution in [2.75, 3.05) is 0 Å². The number of ketones is 1. The monoisotopic (exact) mass is 248 g/mol. The molecule has 0 unspecified atom stereocenters. The molecule has 0 heterocycles. The Kier molecular flexibility index (Phi) is 3.90. The number of alkyl halides is 3. The van der Waals surface area contributed by atoms with Crippen molar-refractivity contribution in [3.63, 3.8) is 0 Å². The van der Waals surface area contributed by atoms with Crippen LogP contribution in [0.4, 0.5) is 13.2 Å². The fraction of sp³-hybridized carbons (Fsp3) is 0.364. The fourth-order valence-corrected chi connectivity index (χ4v) is 1.27. The average molecular weight is 248 g/mol. The quantitative estimate of drug-likeness (QED) is 0.855. The summed E-state index contributed by atoms with van der Waals surface area (Å²) >= 11 is 0. The van der Waals surface area contributed by atoms with Gasteiger partial charge < -0.3 is 10.2 Å². The zero-order valence-electron chi connectivity index (χ0n) is 8.90. The number of Topliss-reactive ketones (excluding diaryl/α,β-unsaturated/α-hetero) is 1. The second-order valence-electron chi connectivity index (χ2n) is 3.62. The minimum Gasteiger partial charge on any atom is -0.385 e. The van der Waals surface area contributed by atoms with Crippen LogP contribution in [0.25, 0.3) is 0 Å². The smallest absolute Gasteiger partial charge is 0.385 e. The van der Waals surface area contributed by atoms with Gasteiger partial charge in [0.15, 0.2) is 5.78 Å². The predicted octanol–water partition coefficient (Wildman–Crippen LogP) is 1.69. The molecule has 2 N–H and O–H groups in total. The minimum absolute atomic E-state index is 0.0562. The Labute approximate surface area is 95.5 Å². The Morgan fingerprint density at radius 1 is 1.18 bits per heavy atom. The van der Waals surface area contributed by atoms with Gasteiger partial charge in [-0.3, -0.25) is 4.79 Å². The van der Waals surface area contributed by atoms with Crippen LogP contribution in [0.15, 0.2) is 24.3 Å². The maximum atomic E-state index is 12.2. The second kappa shape index (κ2) is 4.85. The Hall–Kier alpha value is -1.40. The van der Waals surface area contributed by atoms with E-state index in [1.54, 1.807) is 0 Å². The van der Waals surface area contributed by atoms with Crippen molar-refractivity contribution < 1.29 is 28.2 Å². The minimum atomic E-state index is -4.46. The zero-order chi connectivity index (χ0) is 13.2. The Bertz CT molecular complexity index is 397. The van der Waals surface area contributed by atoms with Crippen molar-refractivity contribution in [1.29, 1.82) is 0 Å². The molecule has 0 radical (unpaired) electrons. The normalized spacial score (nSPS) is 15.4. The second-order valence-corrected chi connectivity index (χ2v) is 3.62. The van der Waals surface area contributed by atoms with Gasteiger partial charge in [-0.15, -0.1) is 0 Å². The lowest BCUT2D eigenvalue weighted by atomic mass is 10.0. The molecule has 0 aliphatic heterocycles. The number of rotatable bonds is 3. The largest absolute Gasteiger partial charge is 0.416 e. The maximum absolute atomic E-state index is 12.2. The fourth-order valence-electron chi connectivity index (χ4n) is 1.27. The highest BCUT2D eigenvalue weighted by Crippen LogP contribution is 2.30. The van der Waals surface area contributed by atoms with E-state index in [0.717, 1.165) is 31.2 Å². The molecule has 0 saturated carbocycles. The van der Waals surface area contributed by atoms with Crippen molar-refractivity contribution in [2.24, 2.45) is 0 Å². The molecule has 1 rings (SSSR count). The molecule has 0 aliphatic carbocycles. The van der Waals surface area contributed by atoms with Gasteiger partial charge in [-0.1, -0.05) is 12.1 Å². The third-order valence-electron chi connectivity index (χ3n) is 2.30. The summed E-state index contributed by atoms with van der Waals surface area (Å²) in [7, 11) is 0. The van der Waals surface area contributed by atoms with Gasteiger partial charge in [0.2, 0.25) is 0 Å². The molecule has 0 saturated heterocycles. The molecule has 0 aromatic heterocycles. The van der Waals surface area contributed by atoms with Gasteiger partial charge in [0.25, 0.3) is 0 Å². The summed E-state index contributed by atoms with van der Waals surface area (Å²) in [6.07, 6.45) is -7.61. The zero-order valence-corrected chi connectivity index (χ0v) is 8.90. The Balaban J connectivity index is 2.92. The number of carbonyl (C=O) groups excluding carboxylic acids is 1. The number of aliphatic hydroxyl groups is 2. The van der Waals surface area contributed by atoms with E-state index in [9.17, 15) is 28.2 Å². The first-order valence-corrected chi connectivity index (χ1v) is 4.77. The summed E-state index contributed by atoms with van der Waals surface area (Å²) in [5, 5.41) is 18.8. The molecular formula is C11H11F3O3. The summed E-state index contributed by atoms with van der Waals surface area (Å²) < 4.78 is 36.7. The molecule has 0 aliphatic rings. The van der Waals surface area contributed by atoms with E-state index in [2.05, 4.69) is 0 Å². The molecule has 6 heteroatoms. The van der Waals surface area contributed by atoms with Crippen molar-refractivity contribution in [2.45, 2.75) is 25.3 Å². The lowest BCUT2D eigenvalue weighted by Crippen LogP contribution is -2.25. The molecule has 2 atom stereocenters. The third-order valence-corrected chi connectivity index (χ3v) is 2.30. The predicted molar refractivity (Wildman–Crippen MR) is 53.1 cm³/mol. The van der Waals surface area contributed by atoms with Crippen LogP contribution < -0.4 is 0 Å². The number of aliphatic hydroxyl groups excluding tert-OH is 2.